The van der Waals surface area contributed by atoms with Gasteiger partial charge in [-0.2, -0.15) is 0 Å². The largest absolute Gasteiger partial charge is 0.388 e. The van der Waals surface area contributed by atoms with Gasteiger partial charge >= 0.3 is 0 Å². The Labute approximate surface area is 104 Å². The van der Waals surface area contributed by atoms with Crippen LogP contribution in [0.15, 0.2) is 35.2 Å². The molecule has 4 nitrogen and oxygen atoms in total. The van der Waals surface area contributed by atoms with Gasteiger partial charge in [0.05, 0.1) is 6.10 Å². The fourth-order valence-corrected chi connectivity index (χ4v) is 2.86. The molecular formula is C12H16O4S. The van der Waals surface area contributed by atoms with Crippen LogP contribution in [0.5, 0.6) is 0 Å². The molecule has 1 saturated heterocycles. The maximum Gasteiger partial charge on any atom is 0.136 e. The predicted octanol–water partition coefficient (Wildman–Crippen LogP) is 0.606. The smallest absolute Gasteiger partial charge is 0.136 e. The van der Waals surface area contributed by atoms with Crippen molar-refractivity contribution < 1.29 is 20.1 Å². The third-order valence-corrected chi connectivity index (χ3v) is 3.97. The van der Waals surface area contributed by atoms with E-state index in [2.05, 4.69) is 0 Å². The van der Waals surface area contributed by atoms with Crippen LogP contribution in [0.2, 0.25) is 0 Å². The summed E-state index contributed by atoms with van der Waals surface area (Å²) in [6, 6.07) is 9.51. The van der Waals surface area contributed by atoms with Gasteiger partial charge in [-0.15, -0.1) is 0 Å². The van der Waals surface area contributed by atoms with Crippen LogP contribution in [0.25, 0.3) is 0 Å². The Bertz CT molecular complexity index is 359. The molecule has 0 radical (unpaired) electrons. The molecule has 0 aliphatic carbocycles. The van der Waals surface area contributed by atoms with Crippen molar-refractivity contribution in [2.45, 2.75) is 41.7 Å². The lowest BCUT2D eigenvalue weighted by molar-refractivity contribution is -0.192. The van der Waals surface area contributed by atoms with Gasteiger partial charge < -0.3 is 20.1 Å². The highest BCUT2D eigenvalue weighted by Crippen LogP contribution is 2.32. The van der Waals surface area contributed by atoms with Crippen molar-refractivity contribution >= 4 is 11.8 Å². The SMILES string of the molecule is C[C@@H]1O[C@@H](Sc2ccccc2)[C@H](O)[C@@H](O)[C@H]1O. The van der Waals surface area contributed by atoms with Crippen molar-refractivity contribution in [3.8, 4) is 0 Å². The Morgan fingerprint density at radius 3 is 2.29 bits per heavy atom. The average molecular weight is 256 g/mol. The van der Waals surface area contributed by atoms with E-state index in [9.17, 15) is 15.3 Å². The number of aliphatic hydroxyl groups excluding tert-OH is 3. The van der Waals surface area contributed by atoms with Crippen molar-refractivity contribution in [1.82, 2.24) is 0 Å². The molecule has 3 N–H and O–H groups in total. The first kappa shape index (κ1) is 12.9. The number of hydrogen-bond donors (Lipinski definition) is 3. The monoisotopic (exact) mass is 256 g/mol. The highest BCUT2D eigenvalue weighted by Gasteiger charge is 2.42. The molecule has 0 aromatic heterocycles. The molecule has 5 atom stereocenters. The lowest BCUT2D eigenvalue weighted by Crippen LogP contribution is -2.55. The zero-order valence-corrected chi connectivity index (χ0v) is 10.2. The van der Waals surface area contributed by atoms with Crippen LogP contribution >= 0.6 is 11.8 Å². The summed E-state index contributed by atoms with van der Waals surface area (Å²) in [7, 11) is 0. The van der Waals surface area contributed by atoms with Crippen molar-refractivity contribution in [2.75, 3.05) is 0 Å². The van der Waals surface area contributed by atoms with Crippen molar-refractivity contribution in [1.29, 1.82) is 0 Å². The lowest BCUT2D eigenvalue weighted by Gasteiger charge is -2.38. The van der Waals surface area contributed by atoms with E-state index in [1.807, 2.05) is 30.3 Å². The third kappa shape index (κ3) is 2.81. The molecule has 1 aliphatic heterocycles. The fraction of sp³-hybridized carbons (Fsp3) is 0.500. The zero-order valence-electron chi connectivity index (χ0n) is 9.43. The Kier molecular flexibility index (Phi) is 4.06. The second-order valence-electron chi connectivity index (χ2n) is 4.11. The Hall–Kier alpha value is -0.590. The van der Waals surface area contributed by atoms with Gasteiger partial charge in [0.2, 0.25) is 0 Å². The molecule has 0 unspecified atom stereocenters. The molecule has 1 aliphatic rings. The van der Waals surface area contributed by atoms with Gasteiger partial charge in [-0.3, -0.25) is 0 Å². The summed E-state index contributed by atoms with van der Waals surface area (Å²) in [4.78, 5) is 0.951. The number of benzene rings is 1. The molecular weight excluding hydrogens is 240 g/mol. The van der Waals surface area contributed by atoms with Crippen LogP contribution in [-0.2, 0) is 4.74 Å². The van der Waals surface area contributed by atoms with Gasteiger partial charge in [0.25, 0.3) is 0 Å². The topological polar surface area (TPSA) is 69.9 Å². The first-order chi connectivity index (χ1) is 8.09. The molecule has 1 fully saturated rings. The molecule has 1 heterocycles. The van der Waals surface area contributed by atoms with E-state index in [0.717, 1.165) is 4.90 Å². The Balaban J connectivity index is 2.06. The van der Waals surface area contributed by atoms with E-state index >= 15 is 0 Å². The number of ether oxygens (including phenoxy) is 1. The molecule has 17 heavy (non-hydrogen) atoms. The van der Waals surface area contributed by atoms with E-state index in [-0.39, 0.29) is 0 Å². The number of thioether (sulfide) groups is 1. The average Bonchev–Trinajstić information content (AvgIpc) is 2.35. The highest BCUT2D eigenvalue weighted by molar-refractivity contribution is 7.99. The van der Waals surface area contributed by atoms with Crippen LogP contribution in [0.3, 0.4) is 0 Å². The second kappa shape index (κ2) is 5.37. The second-order valence-corrected chi connectivity index (χ2v) is 5.28. The first-order valence-corrected chi connectivity index (χ1v) is 6.39. The van der Waals surface area contributed by atoms with E-state index in [1.165, 1.54) is 11.8 Å². The van der Waals surface area contributed by atoms with Gasteiger partial charge in [-0.05, 0) is 19.1 Å². The molecule has 2 rings (SSSR count). The van der Waals surface area contributed by atoms with Gasteiger partial charge in [-0.25, -0.2) is 0 Å². The van der Waals surface area contributed by atoms with Crippen LogP contribution < -0.4 is 0 Å². The highest BCUT2D eigenvalue weighted by atomic mass is 32.2. The summed E-state index contributed by atoms with van der Waals surface area (Å²) in [6.07, 6.45) is -3.79. The maximum atomic E-state index is 9.83. The first-order valence-electron chi connectivity index (χ1n) is 5.51. The van der Waals surface area contributed by atoms with Crippen LogP contribution in [0.4, 0.5) is 0 Å². The van der Waals surface area contributed by atoms with E-state index in [1.54, 1.807) is 6.92 Å². The molecule has 0 saturated carbocycles. The Morgan fingerprint density at radius 2 is 1.65 bits per heavy atom. The fourth-order valence-electron chi connectivity index (χ4n) is 1.74. The lowest BCUT2D eigenvalue weighted by atomic mass is 10.0. The van der Waals surface area contributed by atoms with Gasteiger partial charge in [0, 0.05) is 4.90 Å². The molecule has 0 spiro atoms. The molecule has 1 aromatic rings. The van der Waals surface area contributed by atoms with Crippen molar-refractivity contribution in [3.05, 3.63) is 30.3 Å². The van der Waals surface area contributed by atoms with Gasteiger partial charge in [0.1, 0.15) is 23.7 Å². The maximum absolute atomic E-state index is 9.83. The molecule has 1 aromatic carbocycles. The van der Waals surface area contributed by atoms with Crippen LogP contribution in [0, 0.1) is 0 Å². The standard InChI is InChI=1S/C12H16O4S/c1-7-9(13)10(14)11(15)12(16-7)17-8-5-3-2-4-6-8/h2-7,9-15H,1H3/t7-,9-,10-,11+,12-/m0/s1. The molecule has 5 heteroatoms. The minimum Gasteiger partial charge on any atom is -0.388 e. The quantitative estimate of drug-likeness (QED) is 0.723. The summed E-state index contributed by atoms with van der Waals surface area (Å²) < 4.78 is 5.49. The van der Waals surface area contributed by atoms with Gasteiger partial charge in [0.15, 0.2) is 0 Å². The number of rotatable bonds is 2. The summed E-state index contributed by atoms with van der Waals surface area (Å²) in [5.41, 5.74) is -0.564. The summed E-state index contributed by atoms with van der Waals surface area (Å²) >= 11 is 1.34. The Morgan fingerprint density at radius 1 is 1.00 bits per heavy atom. The number of hydrogen-bond acceptors (Lipinski definition) is 5. The predicted molar refractivity (Wildman–Crippen MR) is 64.7 cm³/mol. The number of aliphatic hydroxyl groups is 3. The van der Waals surface area contributed by atoms with E-state index < -0.39 is 29.9 Å². The molecule has 0 amide bonds. The summed E-state index contributed by atoms with van der Waals surface area (Å²) in [6.45, 7) is 1.68. The van der Waals surface area contributed by atoms with Crippen molar-refractivity contribution in [2.24, 2.45) is 0 Å². The van der Waals surface area contributed by atoms with E-state index in [4.69, 9.17) is 4.74 Å². The molecule has 0 bridgehead atoms. The summed E-state index contributed by atoms with van der Waals surface area (Å²) in [5, 5.41) is 29.1. The third-order valence-electron chi connectivity index (χ3n) is 2.80. The van der Waals surface area contributed by atoms with Gasteiger partial charge in [-0.1, -0.05) is 30.0 Å². The minimum atomic E-state index is -1.17. The molecule has 94 valence electrons. The van der Waals surface area contributed by atoms with Crippen LogP contribution in [-0.4, -0.2) is 45.2 Å². The van der Waals surface area contributed by atoms with Crippen molar-refractivity contribution in [3.63, 3.8) is 0 Å². The normalized spacial score (nSPS) is 38.0. The van der Waals surface area contributed by atoms with E-state index in [0.29, 0.717) is 0 Å². The minimum absolute atomic E-state index is 0.491. The van der Waals surface area contributed by atoms with Crippen LogP contribution in [0.1, 0.15) is 6.92 Å². The zero-order chi connectivity index (χ0) is 12.4. The summed E-state index contributed by atoms with van der Waals surface area (Å²) in [5.74, 6) is 0.